The lowest BCUT2D eigenvalue weighted by molar-refractivity contribution is -0.139. The maximum atomic E-state index is 12.3. The zero-order valence-electron chi connectivity index (χ0n) is 14.7. The molecule has 0 bridgehead atoms. The molecule has 138 valence electrons. The molecule has 1 amide bonds. The molecule has 6 nitrogen and oxygen atoms in total. The highest BCUT2D eigenvalue weighted by atomic mass is 35.5. The Balaban J connectivity index is 1.99. The lowest BCUT2D eigenvalue weighted by Crippen LogP contribution is -2.30. The number of aryl methyl sites for hydroxylation is 2. The Morgan fingerprint density at radius 2 is 1.77 bits per heavy atom. The molecule has 0 radical (unpaired) electrons. The number of aliphatic carboxylic acids is 1. The maximum Gasteiger partial charge on any atom is 0.341 e. The number of amides is 1. The Morgan fingerprint density at radius 3 is 2.38 bits per heavy atom. The van der Waals surface area contributed by atoms with Crippen molar-refractivity contribution in [3.05, 3.63) is 52.5 Å². The fraction of sp³-hybridized carbons (Fsp3) is 0.263. The van der Waals surface area contributed by atoms with Gasteiger partial charge in [0.15, 0.2) is 12.7 Å². The summed E-state index contributed by atoms with van der Waals surface area (Å²) in [5, 5.41) is 12.0. The van der Waals surface area contributed by atoms with Gasteiger partial charge in [0.25, 0.3) is 5.91 Å². The summed E-state index contributed by atoms with van der Waals surface area (Å²) in [5.41, 5.74) is 2.21. The van der Waals surface area contributed by atoms with Crippen LogP contribution in [0.1, 0.15) is 18.1 Å². The number of ether oxygens (including phenoxy) is 2. The van der Waals surface area contributed by atoms with Crippen molar-refractivity contribution in [1.29, 1.82) is 0 Å². The highest BCUT2D eigenvalue weighted by molar-refractivity contribution is 6.31. The van der Waals surface area contributed by atoms with Crippen LogP contribution in [0.3, 0.4) is 0 Å². The second-order valence-corrected chi connectivity index (χ2v) is 6.23. The minimum absolute atomic E-state index is 0.306. The quantitative estimate of drug-likeness (QED) is 0.766. The highest BCUT2D eigenvalue weighted by Gasteiger charge is 2.16. The fourth-order valence-electron chi connectivity index (χ4n) is 2.19. The van der Waals surface area contributed by atoms with Crippen LogP contribution in [0.5, 0.6) is 11.5 Å². The summed E-state index contributed by atoms with van der Waals surface area (Å²) in [6.45, 7) is 4.88. The SMILES string of the molecule is Cc1cc(OC(C)C(=O)Nc2ccc(OCC(=O)O)cc2C)ccc1Cl. The van der Waals surface area contributed by atoms with Crippen molar-refractivity contribution in [2.75, 3.05) is 11.9 Å². The average molecular weight is 378 g/mol. The number of anilines is 1. The van der Waals surface area contributed by atoms with Gasteiger partial charge < -0.3 is 19.9 Å². The first-order valence-electron chi connectivity index (χ1n) is 7.95. The second-order valence-electron chi connectivity index (χ2n) is 5.82. The van der Waals surface area contributed by atoms with E-state index in [1.165, 1.54) is 0 Å². The van der Waals surface area contributed by atoms with Crippen LogP contribution in [0.25, 0.3) is 0 Å². The largest absolute Gasteiger partial charge is 0.482 e. The van der Waals surface area contributed by atoms with Gasteiger partial charge >= 0.3 is 5.97 Å². The Hall–Kier alpha value is -2.73. The summed E-state index contributed by atoms with van der Waals surface area (Å²) >= 11 is 5.98. The molecular formula is C19H20ClNO5. The van der Waals surface area contributed by atoms with Gasteiger partial charge in [0.2, 0.25) is 0 Å². The van der Waals surface area contributed by atoms with Gasteiger partial charge in [-0.25, -0.2) is 4.79 Å². The lowest BCUT2D eigenvalue weighted by atomic mass is 10.2. The second kappa shape index (κ2) is 8.58. The number of rotatable bonds is 7. The van der Waals surface area contributed by atoms with Crippen LogP contribution in [0.4, 0.5) is 5.69 Å². The van der Waals surface area contributed by atoms with Crippen molar-refractivity contribution in [2.24, 2.45) is 0 Å². The minimum atomic E-state index is -1.05. The van der Waals surface area contributed by atoms with Crippen molar-refractivity contribution < 1.29 is 24.2 Å². The molecular weight excluding hydrogens is 358 g/mol. The molecule has 7 heteroatoms. The number of halogens is 1. The zero-order valence-corrected chi connectivity index (χ0v) is 15.5. The van der Waals surface area contributed by atoms with Crippen LogP contribution in [-0.2, 0) is 9.59 Å². The fourth-order valence-corrected chi connectivity index (χ4v) is 2.31. The van der Waals surface area contributed by atoms with E-state index >= 15 is 0 Å². The standard InChI is InChI=1S/C19H20ClNO5/c1-11-8-15(4-6-16(11)20)26-13(3)19(24)21-17-7-5-14(9-12(17)2)25-10-18(22)23/h4-9,13H,10H2,1-3H3,(H,21,24)(H,22,23). The maximum absolute atomic E-state index is 12.3. The monoisotopic (exact) mass is 377 g/mol. The Morgan fingerprint density at radius 1 is 1.12 bits per heavy atom. The molecule has 0 saturated carbocycles. The number of hydrogen-bond acceptors (Lipinski definition) is 4. The summed E-state index contributed by atoms with van der Waals surface area (Å²) in [4.78, 5) is 22.9. The third-order valence-corrected chi connectivity index (χ3v) is 4.05. The molecule has 0 saturated heterocycles. The molecule has 0 aliphatic carbocycles. The van der Waals surface area contributed by atoms with E-state index in [0.717, 1.165) is 11.1 Å². The molecule has 0 heterocycles. The summed E-state index contributed by atoms with van der Waals surface area (Å²) in [6, 6.07) is 10.1. The number of carbonyl (C=O) groups excluding carboxylic acids is 1. The van der Waals surface area contributed by atoms with Crippen molar-refractivity contribution in [2.45, 2.75) is 26.9 Å². The Labute approximate surface area is 156 Å². The van der Waals surface area contributed by atoms with Gasteiger partial charge in [-0.1, -0.05) is 11.6 Å². The predicted molar refractivity (Wildman–Crippen MR) is 99.2 cm³/mol. The lowest BCUT2D eigenvalue weighted by Gasteiger charge is -2.16. The topological polar surface area (TPSA) is 84.9 Å². The van der Waals surface area contributed by atoms with Gasteiger partial charge in [-0.2, -0.15) is 0 Å². The Kier molecular flexibility index (Phi) is 6.46. The van der Waals surface area contributed by atoms with Gasteiger partial charge in [-0.15, -0.1) is 0 Å². The normalized spacial score (nSPS) is 11.5. The summed E-state index contributed by atoms with van der Waals surface area (Å²) in [6.07, 6.45) is -0.710. The minimum Gasteiger partial charge on any atom is -0.482 e. The number of carbonyl (C=O) groups is 2. The van der Waals surface area contributed by atoms with E-state index in [4.69, 9.17) is 26.2 Å². The van der Waals surface area contributed by atoms with Crippen LogP contribution in [0, 0.1) is 13.8 Å². The number of nitrogens with one attached hydrogen (secondary N) is 1. The van der Waals surface area contributed by atoms with E-state index < -0.39 is 18.7 Å². The van der Waals surface area contributed by atoms with Crippen LogP contribution >= 0.6 is 11.6 Å². The van der Waals surface area contributed by atoms with Gasteiger partial charge in [0.1, 0.15) is 11.5 Å². The molecule has 0 aromatic heterocycles. The van der Waals surface area contributed by atoms with E-state index in [1.54, 1.807) is 50.2 Å². The van der Waals surface area contributed by atoms with E-state index in [-0.39, 0.29) is 5.91 Å². The van der Waals surface area contributed by atoms with E-state index in [1.807, 2.05) is 6.92 Å². The van der Waals surface area contributed by atoms with Crippen molar-refractivity contribution in [3.63, 3.8) is 0 Å². The van der Waals surface area contributed by atoms with E-state index in [2.05, 4.69) is 5.32 Å². The number of benzene rings is 2. The van der Waals surface area contributed by atoms with Gasteiger partial charge in [-0.3, -0.25) is 4.79 Å². The first kappa shape index (κ1) is 19.6. The zero-order chi connectivity index (χ0) is 19.3. The molecule has 2 rings (SSSR count). The molecule has 0 aliphatic rings. The first-order valence-corrected chi connectivity index (χ1v) is 8.33. The molecule has 1 atom stereocenters. The predicted octanol–water partition coefficient (Wildman–Crippen LogP) is 3.83. The molecule has 26 heavy (non-hydrogen) atoms. The molecule has 2 aromatic rings. The van der Waals surface area contributed by atoms with E-state index in [9.17, 15) is 9.59 Å². The molecule has 2 N–H and O–H groups in total. The number of carboxylic acids is 1. The molecule has 0 aliphatic heterocycles. The van der Waals surface area contributed by atoms with Crippen LogP contribution in [0.15, 0.2) is 36.4 Å². The third-order valence-electron chi connectivity index (χ3n) is 3.63. The first-order chi connectivity index (χ1) is 12.3. The summed E-state index contributed by atoms with van der Waals surface area (Å²) in [5.74, 6) is -0.379. The third kappa shape index (κ3) is 5.39. The molecule has 2 aromatic carbocycles. The molecule has 0 spiro atoms. The number of hydrogen-bond donors (Lipinski definition) is 2. The van der Waals surface area contributed by atoms with Gasteiger partial charge in [-0.05, 0) is 68.3 Å². The van der Waals surface area contributed by atoms with Crippen LogP contribution in [0.2, 0.25) is 5.02 Å². The summed E-state index contributed by atoms with van der Waals surface area (Å²) in [7, 11) is 0. The van der Waals surface area contributed by atoms with Crippen molar-refractivity contribution in [1.82, 2.24) is 0 Å². The van der Waals surface area contributed by atoms with E-state index in [0.29, 0.717) is 22.2 Å². The molecule has 1 unspecified atom stereocenters. The molecule has 0 fully saturated rings. The van der Waals surface area contributed by atoms with Crippen molar-refractivity contribution in [3.8, 4) is 11.5 Å². The van der Waals surface area contributed by atoms with Crippen molar-refractivity contribution >= 4 is 29.2 Å². The average Bonchev–Trinajstić information content (AvgIpc) is 2.58. The Bertz CT molecular complexity index is 822. The van der Waals surface area contributed by atoms with Gasteiger partial charge in [0, 0.05) is 10.7 Å². The number of carboxylic acid groups (broad SMARTS) is 1. The van der Waals surface area contributed by atoms with Gasteiger partial charge in [0.05, 0.1) is 0 Å². The summed E-state index contributed by atoms with van der Waals surface area (Å²) < 4.78 is 10.8. The van der Waals surface area contributed by atoms with Crippen LogP contribution in [-0.4, -0.2) is 29.7 Å². The smallest absolute Gasteiger partial charge is 0.341 e. The van der Waals surface area contributed by atoms with Crippen LogP contribution < -0.4 is 14.8 Å². The highest BCUT2D eigenvalue weighted by Crippen LogP contribution is 2.24.